The van der Waals surface area contributed by atoms with Crippen LogP contribution >= 0.6 is 15.9 Å². The lowest BCUT2D eigenvalue weighted by Crippen LogP contribution is -2.11. The lowest BCUT2D eigenvalue weighted by atomic mass is 9.99. The van der Waals surface area contributed by atoms with Crippen LogP contribution in [0.3, 0.4) is 0 Å². The van der Waals surface area contributed by atoms with Gasteiger partial charge in [0.1, 0.15) is 32.2 Å². The molecule has 0 fully saturated rings. The van der Waals surface area contributed by atoms with Gasteiger partial charge in [-0.25, -0.2) is 15.0 Å². The number of aromatic amines is 4. The Morgan fingerprint density at radius 2 is 0.808 bits per heavy atom. The van der Waals surface area contributed by atoms with Gasteiger partial charge < -0.3 is 36.4 Å². The number of aromatic nitrogens is 15. The minimum absolute atomic E-state index is 0. The van der Waals surface area contributed by atoms with Crippen molar-refractivity contribution >= 4 is 129 Å². The zero-order valence-corrected chi connectivity index (χ0v) is 59.3. The first-order chi connectivity index (χ1) is 50.5. The second-order valence-corrected chi connectivity index (χ2v) is 28.0. The fourth-order valence-corrected chi connectivity index (χ4v) is 14.8. The van der Waals surface area contributed by atoms with E-state index in [1.807, 2.05) is 109 Å². The summed E-state index contributed by atoms with van der Waals surface area (Å²) < 4.78 is 3.81. The SMILES string of the molecule is C.CCN.CCNCc1cccc2[nH]c(-c3n[nH]c4ccc(-c5cncc6ccccc56)cc34)nc12.[B]P(C)n1nc(-c2nc3c(CNCC)cccc3[nH]2)c2cc(-c3cncc4ccccc34)ccc21.[B]P(C)n1nc(-c2nc3c(CO)cccc3[nH]2)c2cc(-c3cncc4ccccc34)ccc21. The van der Waals surface area contributed by atoms with Crippen LogP contribution in [0.1, 0.15) is 44.9 Å². The molecular formula is C81H76B2N18OP2. The van der Waals surface area contributed by atoms with Crippen molar-refractivity contribution < 1.29 is 5.11 Å². The van der Waals surface area contributed by atoms with Gasteiger partial charge in [0.25, 0.3) is 0 Å². The van der Waals surface area contributed by atoms with Crippen molar-refractivity contribution in [3.8, 4) is 67.9 Å². The number of rotatable bonds is 15. The van der Waals surface area contributed by atoms with Crippen LogP contribution in [-0.2, 0) is 19.7 Å². The summed E-state index contributed by atoms with van der Waals surface area (Å²) in [6.45, 7) is 14.2. The minimum atomic E-state index is -0.979. The van der Waals surface area contributed by atoms with E-state index in [4.69, 9.17) is 46.0 Å². The van der Waals surface area contributed by atoms with Gasteiger partial charge >= 0.3 is 0 Å². The lowest BCUT2D eigenvalue weighted by Gasteiger charge is -2.09. The van der Waals surface area contributed by atoms with E-state index in [0.717, 1.165) is 193 Å². The maximum Gasteiger partial charge on any atom is 0.159 e. The van der Waals surface area contributed by atoms with Gasteiger partial charge in [-0.2, -0.15) is 15.3 Å². The number of pyridine rings is 3. The molecule has 9 aromatic heterocycles. The summed E-state index contributed by atoms with van der Waals surface area (Å²) in [6, 6.07) is 62.2. The number of benzene rings is 9. The topological polar surface area (TPSA) is 259 Å². The molecule has 4 radical (unpaired) electrons. The van der Waals surface area contributed by atoms with Gasteiger partial charge in [-0.05, 0) is 147 Å². The molecule has 23 heteroatoms. The van der Waals surface area contributed by atoms with Crippen LogP contribution in [0.25, 0.3) is 166 Å². The number of hydrogen-bond acceptors (Lipinski definition) is 13. The standard InChI is InChI=1S/C27H24BN6P.C26H22N6.C25H19BN5OP.C2H7N.CH4/c1-3-29-15-19-8-6-10-23-25(19)32-27(31-23)26-21-13-17(11-12-24(21)34(33-26)35(2)28)22-16-30-14-18-7-4-5-9-20(18)22;1-2-27-14-18-7-5-9-23-24(18)30-26(29-23)25-20-12-16(10-11-22(20)31-32-25)21-15-28-13-17-6-3-4-8-19(17)21;1-33(26)31-22-10-9-15(20-13-27-12-16-5-2-3-7-18(16)20)11-19(22)24(30-31)25-28-21-8-4-6-17(14-32)23(21)29-25;1-2-3;/h4-14,16,29H,3,15H2,1-2H3,(H,31,32);3-13,15,27H,2,14H2,1H3,(H,29,30)(H,31,32);2-13,32H,14H2,1H3,(H,28,29);2-3H2,1H3;1H4. The molecule has 2 atom stereocenters. The van der Waals surface area contributed by atoms with E-state index >= 15 is 0 Å². The average Bonchev–Trinajstić information content (AvgIpc) is 1.58. The van der Waals surface area contributed by atoms with Gasteiger partial charge in [-0.15, -0.1) is 0 Å². The summed E-state index contributed by atoms with van der Waals surface area (Å²) in [5.41, 5.74) is 25.3. The van der Waals surface area contributed by atoms with E-state index in [-0.39, 0.29) is 14.0 Å². The van der Waals surface area contributed by atoms with Gasteiger partial charge in [-0.1, -0.05) is 156 Å². The molecule has 9 N–H and O–H groups in total. The maximum absolute atomic E-state index is 9.72. The predicted molar refractivity (Wildman–Crippen MR) is 433 cm³/mol. The van der Waals surface area contributed by atoms with E-state index in [2.05, 4.69) is 204 Å². The molecule has 19 nitrogen and oxygen atoms in total. The molecule has 104 heavy (non-hydrogen) atoms. The molecule has 18 aromatic rings. The maximum atomic E-state index is 9.72. The van der Waals surface area contributed by atoms with Crippen LogP contribution in [0, 0.1) is 0 Å². The number of fused-ring (bicyclic) bond motifs is 9. The Labute approximate surface area is 606 Å². The third-order valence-corrected chi connectivity index (χ3v) is 20.0. The number of aliphatic hydroxyl groups is 1. The first kappa shape index (κ1) is 69.9. The molecule has 0 saturated carbocycles. The van der Waals surface area contributed by atoms with Crippen molar-refractivity contribution in [2.24, 2.45) is 5.73 Å². The number of nitrogens with two attached hydrogens (primary N) is 1. The highest BCUT2D eigenvalue weighted by Gasteiger charge is 2.23. The van der Waals surface area contributed by atoms with E-state index in [1.54, 1.807) is 0 Å². The fraction of sp³-hybridized carbons (Fsp3) is 0.148. The van der Waals surface area contributed by atoms with E-state index in [9.17, 15) is 5.11 Å². The highest BCUT2D eigenvalue weighted by atomic mass is 31.1. The molecule has 9 heterocycles. The largest absolute Gasteiger partial charge is 0.392 e. The van der Waals surface area contributed by atoms with Crippen molar-refractivity contribution in [1.82, 2.24) is 84.8 Å². The molecule has 18 rings (SSSR count). The molecule has 0 aliphatic rings. The highest BCUT2D eigenvalue weighted by molar-refractivity contribution is 7.80. The number of hydrogen-bond donors (Lipinski definition) is 8. The van der Waals surface area contributed by atoms with Crippen molar-refractivity contribution in [3.63, 3.8) is 0 Å². The van der Waals surface area contributed by atoms with Crippen molar-refractivity contribution in [1.29, 1.82) is 0 Å². The Hall–Kier alpha value is -11.1. The van der Waals surface area contributed by atoms with Gasteiger partial charge in [0.15, 0.2) is 17.5 Å². The Morgan fingerprint density at radius 1 is 0.433 bits per heavy atom. The zero-order chi connectivity index (χ0) is 70.7. The molecule has 0 bridgehead atoms. The van der Waals surface area contributed by atoms with Crippen molar-refractivity contribution in [3.05, 3.63) is 236 Å². The van der Waals surface area contributed by atoms with Gasteiger partial charge in [0, 0.05) is 105 Å². The van der Waals surface area contributed by atoms with Crippen molar-refractivity contribution in [2.45, 2.75) is 47.9 Å². The summed E-state index contributed by atoms with van der Waals surface area (Å²) in [7, 11) is 10.7. The van der Waals surface area contributed by atoms with Crippen LogP contribution in [0.5, 0.6) is 0 Å². The Bertz CT molecular complexity index is 6100. The van der Waals surface area contributed by atoms with Gasteiger partial charge in [0.2, 0.25) is 0 Å². The molecule has 2 unspecified atom stereocenters. The monoisotopic (exact) mass is 1400 g/mol. The molecule has 0 spiro atoms. The number of imidazole rings is 3. The van der Waals surface area contributed by atoms with Gasteiger partial charge in [-0.3, -0.25) is 29.0 Å². The summed E-state index contributed by atoms with van der Waals surface area (Å²) in [6.07, 6.45) is 11.4. The van der Waals surface area contributed by atoms with Crippen LogP contribution < -0.4 is 16.4 Å². The van der Waals surface area contributed by atoms with E-state index in [1.165, 1.54) is 16.3 Å². The van der Waals surface area contributed by atoms with Crippen LogP contribution in [0.2, 0.25) is 0 Å². The number of nitrogens with zero attached hydrogens (tertiary/aromatic N) is 11. The van der Waals surface area contributed by atoms with E-state index in [0.29, 0.717) is 5.82 Å². The summed E-state index contributed by atoms with van der Waals surface area (Å²) in [4.78, 5) is 38.4. The lowest BCUT2D eigenvalue weighted by molar-refractivity contribution is 0.283. The number of H-pyrrole nitrogens is 4. The second-order valence-electron chi connectivity index (χ2n) is 25.0. The minimum Gasteiger partial charge on any atom is -0.392 e. The van der Waals surface area contributed by atoms with Crippen LogP contribution in [-0.4, -0.2) is 127 Å². The highest BCUT2D eigenvalue weighted by Crippen LogP contribution is 2.42. The Kier molecular flexibility index (Phi) is 20.7. The molecule has 512 valence electrons. The summed E-state index contributed by atoms with van der Waals surface area (Å²) >= 11 is 0. The first-order valence-electron chi connectivity index (χ1n) is 34.2. The zero-order valence-electron chi connectivity index (χ0n) is 57.5. The summed E-state index contributed by atoms with van der Waals surface area (Å²) in [5.74, 6) is 2.17. The molecule has 0 saturated heterocycles. The quantitative estimate of drug-likeness (QED) is 0.0351. The second kappa shape index (κ2) is 30.8. The average molecular weight is 1400 g/mol. The molecule has 9 aromatic carbocycles. The normalized spacial score (nSPS) is 12.0. The molecule has 0 aliphatic carbocycles. The smallest absolute Gasteiger partial charge is 0.159 e. The number of para-hydroxylation sites is 3. The third-order valence-electron chi connectivity index (χ3n) is 18.2. The number of nitrogens with one attached hydrogen (secondary N) is 6. The Balaban J connectivity index is 0.000000129. The third kappa shape index (κ3) is 13.6. The van der Waals surface area contributed by atoms with Gasteiger partial charge in [0.05, 0.1) is 56.3 Å². The molecular weight excluding hydrogens is 1320 g/mol. The molecule has 0 aliphatic heterocycles. The number of aliphatic hydroxyl groups excluding tert-OH is 1. The first-order valence-corrected chi connectivity index (χ1v) is 37.8. The molecule has 0 amide bonds. The predicted octanol–water partition coefficient (Wildman–Crippen LogP) is 17.1. The van der Waals surface area contributed by atoms with Crippen molar-refractivity contribution in [2.75, 3.05) is 33.0 Å². The van der Waals surface area contributed by atoms with Crippen LogP contribution in [0.15, 0.2) is 219 Å². The Morgan fingerprint density at radius 3 is 1.21 bits per heavy atom. The van der Waals surface area contributed by atoms with Crippen LogP contribution in [0.4, 0.5) is 0 Å². The fourth-order valence-electron chi connectivity index (χ4n) is 13.3. The summed E-state index contributed by atoms with van der Waals surface area (Å²) in [5, 5.41) is 43.9. The van der Waals surface area contributed by atoms with E-state index < -0.39 is 15.9 Å².